The average molecular weight is 478 g/mol. The molecule has 4 rings (SSSR count). The van der Waals surface area contributed by atoms with E-state index in [1.807, 2.05) is 24.0 Å². The van der Waals surface area contributed by atoms with Crippen LogP contribution in [0.5, 0.6) is 0 Å². The van der Waals surface area contributed by atoms with Gasteiger partial charge in [0.15, 0.2) is 0 Å². The van der Waals surface area contributed by atoms with E-state index >= 15 is 0 Å². The van der Waals surface area contributed by atoms with Gasteiger partial charge < -0.3 is 4.90 Å². The van der Waals surface area contributed by atoms with Gasteiger partial charge in [0.25, 0.3) is 5.91 Å². The number of nitrogens with zero attached hydrogens (tertiary/aromatic N) is 2. The Morgan fingerprint density at radius 1 is 0.853 bits per heavy atom. The first-order valence-electron chi connectivity index (χ1n) is 11.5. The van der Waals surface area contributed by atoms with Crippen LogP contribution in [0.2, 0.25) is 0 Å². The summed E-state index contributed by atoms with van der Waals surface area (Å²) in [4.78, 5) is 17.7. The number of benzene rings is 3. The lowest BCUT2D eigenvalue weighted by Gasteiger charge is -2.40. The smallest absolute Gasteiger partial charge is 0.253 e. The third-order valence-corrected chi connectivity index (χ3v) is 8.16. The van der Waals surface area contributed by atoms with Gasteiger partial charge in [0.1, 0.15) is 0 Å². The van der Waals surface area contributed by atoms with Crippen molar-refractivity contribution in [3.63, 3.8) is 0 Å². The van der Waals surface area contributed by atoms with Crippen molar-refractivity contribution in [3.8, 4) is 0 Å². The maximum absolute atomic E-state index is 13.3. The van der Waals surface area contributed by atoms with Crippen LogP contribution in [0.1, 0.15) is 38.7 Å². The minimum atomic E-state index is -3.65. The first-order valence-corrected chi connectivity index (χ1v) is 13.0. The Balaban J connectivity index is 1.55. The Bertz CT molecular complexity index is 1210. The summed E-state index contributed by atoms with van der Waals surface area (Å²) in [6, 6.07) is 24.3. The van der Waals surface area contributed by atoms with Crippen molar-refractivity contribution in [1.82, 2.24) is 14.5 Å². The van der Waals surface area contributed by atoms with E-state index in [4.69, 9.17) is 0 Å². The lowest BCUT2D eigenvalue weighted by molar-refractivity contribution is 0.0597. The van der Waals surface area contributed by atoms with Crippen LogP contribution >= 0.6 is 0 Å². The van der Waals surface area contributed by atoms with E-state index in [9.17, 15) is 13.2 Å². The van der Waals surface area contributed by atoms with Crippen LogP contribution in [0.3, 0.4) is 0 Å². The van der Waals surface area contributed by atoms with Gasteiger partial charge >= 0.3 is 0 Å². The van der Waals surface area contributed by atoms with Crippen molar-refractivity contribution in [2.24, 2.45) is 0 Å². The highest BCUT2D eigenvalue weighted by Gasteiger charge is 2.29. The Labute approximate surface area is 202 Å². The molecule has 1 saturated heterocycles. The molecule has 1 amide bonds. The lowest BCUT2D eigenvalue weighted by Crippen LogP contribution is -2.49. The molecule has 178 valence electrons. The molecule has 1 fully saturated rings. The van der Waals surface area contributed by atoms with Crippen LogP contribution in [0, 0.1) is 13.8 Å². The van der Waals surface area contributed by atoms with Crippen molar-refractivity contribution in [2.75, 3.05) is 33.2 Å². The average Bonchev–Trinajstić information content (AvgIpc) is 2.87. The number of nitrogens with one attached hydrogen (secondary N) is 1. The minimum Gasteiger partial charge on any atom is -0.336 e. The number of sulfonamides is 1. The molecule has 1 aliphatic heterocycles. The standard InChI is InChI=1S/C27H31N3O3S/c1-20-18-24(19-25(21(20)2)34(32,33)28-3)27(31)30-16-14-29(15-17-30)26(22-10-6-4-7-11-22)23-12-8-5-9-13-23/h4-13,18-19,26,28H,14-17H2,1-3H3. The first kappa shape index (κ1) is 24.1. The van der Waals surface area contributed by atoms with E-state index in [1.54, 1.807) is 13.0 Å². The number of hydrogen-bond acceptors (Lipinski definition) is 4. The molecule has 0 atom stereocenters. The van der Waals surface area contributed by atoms with E-state index in [1.165, 1.54) is 24.2 Å². The van der Waals surface area contributed by atoms with Crippen LogP contribution in [-0.4, -0.2) is 57.4 Å². The van der Waals surface area contributed by atoms with Gasteiger partial charge in [-0.05, 0) is 55.3 Å². The molecule has 0 aliphatic carbocycles. The fourth-order valence-corrected chi connectivity index (χ4v) is 5.66. The van der Waals surface area contributed by atoms with Gasteiger partial charge in [0, 0.05) is 31.7 Å². The highest BCUT2D eigenvalue weighted by atomic mass is 32.2. The molecule has 0 spiro atoms. The maximum atomic E-state index is 13.3. The second-order valence-electron chi connectivity index (χ2n) is 8.68. The molecule has 0 aromatic heterocycles. The molecule has 1 aliphatic rings. The zero-order chi connectivity index (χ0) is 24.3. The Morgan fingerprint density at radius 3 is 1.88 bits per heavy atom. The van der Waals surface area contributed by atoms with Crippen LogP contribution in [-0.2, 0) is 10.0 Å². The summed E-state index contributed by atoms with van der Waals surface area (Å²) in [5.41, 5.74) is 4.30. The topological polar surface area (TPSA) is 69.7 Å². The number of amides is 1. The van der Waals surface area contributed by atoms with Crippen LogP contribution in [0.15, 0.2) is 77.7 Å². The number of hydrogen-bond donors (Lipinski definition) is 1. The highest BCUT2D eigenvalue weighted by Crippen LogP contribution is 2.30. The van der Waals surface area contributed by atoms with Crippen LogP contribution in [0.4, 0.5) is 0 Å². The molecule has 1 N–H and O–H groups in total. The summed E-state index contributed by atoms with van der Waals surface area (Å²) in [6.45, 7) is 6.22. The van der Waals surface area contributed by atoms with Crippen molar-refractivity contribution in [3.05, 3.63) is 101 Å². The fraction of sp³-hybridized carbons (Fsp3) is 0.296. The molecular formula is C27H31N3O3S. The highest BCUT2D eigenvalue weighted by molar-refractivity contribution is 7.89. The summed E-state index contributed by atoms with van der Waals surface area (Å²) in [7, 11) is -2.27. The van der Waals surface area contributed by atoms with Crippen molar-refractivity contribution < 1.29 is 13.2 Å². The number of rotatable bonds is 6. The molecule has 7 heteroatoms. The summed E-state index contributed by atoms with van der Waals surface area (Å²) < 4.78 is 27.3. The predicted octanol–water partition coefficient (Wildman–Crippen LogP) is 3.76. The van der Waals surface area contributed by atoms with Gasteiger partial charge in [-0.2, -0.15) is 0 Å². The molecular weight excluding hydrogens is 446 g/mol. The van der Waals surface area contributed by atoms with E-state index in [2.05, 4.69) is 58.2 Å². The van der Waals surface area contributed by atoms with Crippen molar-refractivity contribution in [1.29, 1.82) is 0 Å². The molecule has 0 radical (unpaired) electrons. The molecule has 3 aromatic rings. The number of aryl methyl sites for hydroxylation is 1. The van der Waals surface area contributed by atoms with Gasteiger partial charge in [0.05, 0.1) is 10.9 Å². The minimum absolute atomic E-state index is 0.119. The molecule has 3 aromatic carbocycles. The summed E-state index contributed by atoms with van der Waals surface area (Å²) in [5, 5.41) is 0. The monoisotopic (exact) mass is 477 g/mol. The third-order valence-electron chi connectivity index (χ3n) is 6.62. The van der Waals surface area contributed by atoms with Crippen molar-refractivity contribution >= 4 is 15.9 Å². The predicted molar refractivity (Wildman–Crippen MR) is 134 cm³/mol. The van der Waals surface area contributed by atoms with Gasteiger partial charge in [-0.25, -0.2) is 13.1 Å². The normalized spacial score (nSPS) is 15.0. The van der Waals surface area contributed by atoms with E-state index < -0.39 is 10.0 Å². The summed E-state index contributed by atoms with van der Waals surface area (Å²) in [5.74, 6) is -0.133. The van der Waals surface area contributed by atoms with Gasteiger partial charge in [-0.1, -0.05) is 60.7 Å². The van der Waals surface area contributed by atoms with E-state index in [-0.39, 0.29) is 16.8 Å². The number of carbonyl (C=O) groups excluding carboxylic acids is 1. The fourth-order valence-electron chi connectivity index (χ4n) is 4.59. The molecule has 0 bridgehead atoms. The van der Waals surface area contributed by atoms with E-state index in [0.717, 1.165) is 18.7 Å². The summed E-state index contributed by atoms with van der Waals surface area (Å²) in [6.07, 6.45) is 0. The second kappa shape index (κ2) is 10.1. The Hall–Kier alpha value is -3.00. The largest absolute Gasteiger partial charge is 0.336 e. The molecule has 0 saturated carbocycles. The zero-order valence-electron chi connectivity index (χ0n) is 19.9. The lowest BCUT2D eigenvalue weighted by atomic mass is 9.96. The Morgan fingerprint density at radius 2 is 1.38 bits per heavy atom. The van der Waals surface area contributed by atoms with Crippen LogP contribution < -0.4 is 4.72 Å². The molecule has 1 heterocycles. The van der Waals surface area contributed by atoms with E-state index in [0.29, 0.717) is 24.2 Å². The molecule has 0 unspecified atom stereocenters. The molecule has 6 nitrogen and oxygen atoms in total. The quantitative estimate of drug-likeness (QED) is 0.587. The first-order chi connectivity index (χ1) is 16.3. The number of carbonyl (C=O) groups is 1. The van der Waals surface area contributed by atoms with Gasteiger partial charge in [-0.15, -0.1) is 0 Å². The number of piperazine rings is 1. The Kier molecular flexibility index (Phi) is 7.16. The van der Waals surface area contributed by atoms with Crippen LogP contribution in [0.25, 0.3) is 0 Å². The third kappa shape index (κ3) is 4.92. The van der Waals surface area contributed by atoms with Crippen molar-refractivity contribution in [2.45, 2.75) is 24.8 Å². The zero-order valence-corrected chi connectivity index (χ0v) is 20.7. The van der Waals surface area contributed by atoms with Gasteiger partial charge in [-0.3, -0.25) is 9.69 Å². The second-order valence-corrected chi connectivity index (χ2v) is 10.5. The SMILES string of the molecule is CNS(=O)(=O)c1cc(C(=O)N2CCN(C(c3ccccc3)c3ccccc3)CC2)cc(C)c1C. The summed E-state index contributed by atoms with van der Waals surface area (Å²) >= 11 is 0. The molecule has 34 heavy (non-hydrogen) atoms. The maximum Gasteiger partial charge on any atom is 0.253 e. The van der Waals surface area contributed by atoms with Gasteiger partial charge in [0.2, 0.25) is 10.0 Å².